The summed E-state index contributed by atoms with van der Waals surface area (Å²) >= 11 is 0. The Kier molecular flexibility index (Phi) is 4.54. The van der Waals surface area contributed by atoms with Crippen LogP contribution in [-0.2, 0) is 4.79 Å². The fourth-order valence-electron chi connectivity index (χ4n) is 2.89. The van der Waals surface area contributed by atoms with Gasteiger partial charge in [-0.25, -0.2) is 9.97 Å². The van der Waals surface area contributed by atoms with E-state index in [4.69, 9.17) is 0 Å². The van der Waals surface area contributed by atoms with E-state index < -0.39 is 22.4 Å². The summed E-state index contributed by atoms with van der Waals surface area (Å²) in [6, 6.07) is 12.4. The van der Waals surface area contributed by atoms with Gasteiger partial charge in [-0.2, -0.15) is 4.68 Å². The molecule has 0 amide bonds. The Morgan fingerprint density at radius 1 is 1.17 bits per heavy atom. The predicted octanol–water partition coefficient (Wildman–Crippen LogP) is 2.27. The number of nitro benzene ring substituents is 1. The molecule has 2 N–H and O–H groups in total. The number of H-pyrrole nitrogens is 1. The van der Waals surface area contributed by atoms with E-state index in [1.165, 1.54) is 31.2 Å². The number of aliphatic carboxylic acids is 1. The van der Waals surface area contributed by atoms with Gasteiger partial charge in [0, 0.05) is 17.7 Å². The van der Waals surface area contributed by atoms with Gasteiger partial charge in [0.1, 0.15) is 11.7 Å². The summed E-state index contributed by atoms with van der Waals surface area (Å²) in [6.07, 6.45) is 0. The van der Waals surface area contributed by atoms with Crippen molar-refractivity contribution >= 4 is 22.7 Å². The lowest BCUT2D eigenvalue weighted by atomic mass is 10.1. The number of hydrogen-bond donors (Lipinski definition) is 2. The van der Waals surface area contributed by atoms with Crippen molar-refractivity contribution in [2.75, 3.05) is 0 Å². The van der Waals surface area contributed by atoms with Crippen molar-refractivity contribution in [2.24, 2.45) is 0 Å². The Balaban J connectivity index is 1.90. The lowest BCUT2D eigenvalue weighted by molar-refractivity contribution is -0.384. The quantitative estimate of drug-likeness (QED) is 0.377. The first-order valence-corrected chi connectivity index (χ1v) is 8.79. The van der Waals surface area contributed by atoms with Gasteiger partial charge in [0.2, 0.25) is 5.82 Å². The van der Waals surface area contributed by atoms with Gasteiger partial charge in [-0.05, 0) is 31.2 Å². The average molecular weight is 406 g/mol. The molecule has 0 fully saturated rings. The number of hydrogen-bond acceptors (Lipinski definition) is 7. The molecule has 1 unspecified atom stereocenters. The molecule has 0 aliphatic heterocycles. The van der Waals surface area contributed by atoms with Crippen molar-refractivity contribution in [1.29, 1.82) is 0 Å². The summed E-state index contributed by atoms with van der Waals surface area (Å²) < 4.78 is 1.10. The first-order chi connectivity index (χ1) is 14.3. The fourth-order valence-corrected chi connectivity index (χ4v) is 2.89. The maximum absolute atomic E-state index is 12.6. The molecule has 0 aliphatic rings. The van der Waals surface area contributed by atoms with Gasteiger partial charge < -0.3 is 10.1 Å². The van der Waals surface area contributed by atoms with Gasteiger partial charge in [0.05, 0.1) is 16.0 Å². The number of rotatable bonds is 5. The van der Waals surface area contributed by atoms with Crippen molar-refractivity contribution in [3.63, 3.8) is 0 Å². The highest BCUT2D eigenvalue weighted by Crippen LogP contribution is 2.24. The monoisotopic (exact) mass is 406 g/mol. The molecule has 2 aromatic heterocycles. The van der Waals surface area contributed by atoms with Gasteiger partial charge in [-0.3, -0.25) is 19.7 Å². The molecule has 0 saturated carbocycles. The number of carboxylic acids is 1. The number of aromatic nitrogens is 5. The van der Waals surface area contributed by atoms with Crippen LogP contribution in [0.4, 0.5) is 5.69 Å². The van der Waals surface area contributed by atoms with Crippen LogP contribution >= 0.6 is 0 Å². The Labute approximate surface area is 167 Å². The van der Waals surface area contributed by atoms with Crippen molar-refractivity contribution in [2.45, 2.75) is 12.8 Å². The molecule has 11 nitrogen and oxygen atoms in total. The van der Waals surface area contributed by atoms with E-state index in [1.807, 2.05) is 0 Å². The van der Waals surface area contributed by atoms with E-state index in [2.05, 4.69) is 20.1 Å². The van der Waals surface area contributed by atoms with Gasteiger partial charge >= 0.3 is 5.97 Å². The molecule has 0 saturated heterocycles. The minimum absolute atomic E-state index is 0.00383. The number of nitro groups is 1. The highest BCUT2D eigenvalue weighted by atomic mass is 16.6. The molecule has 0 bridgehead atoms. The van der Waals surface area contributed by atoms with Crippen molar-refractivity contribution < 1.29 is 14.8 Å². The van der Waals surface area contributed by atoms with Crippen LogP contribution in [0.2, 0.25) is 0 Å². The molecule has 0 radical (unpaired) electrons. The van der Waals surface area contributed by atoms with Crippen LogP contribution in [0.3, 0.4) is 0 Å². The lowest BCUT2D eigenvalue weighted by Crippen LogP contribution is -2.22. The topological polar surface area (TPSA) is 157 Å². The van der Waals surface area contributed by atoms with Gasteiger partial charge in [0.15, 0.2) is 5.82 Å². The molecule has 30 heavy (non-hydrogen) atoms. The maximum atomic E-state index is 12.6. The van der Waals surface area contributed by atoms with Crippen molar-refractivity contribution in [1.82, 2.24) is 24.7 Å². The first kappa shape index (κ1) is 18.9. The molecule has 4 aromatic rings. The molecule has 150 valence electrons. The zero-order valence-electron chi connectivity index (χ0n) is 15.5. The Morgan fingerprint density at radius 3 is 2.53 bits per heavy atom. The Hall–Kier alpha value is -4.41. The highest BCUT2D eigenvalue weighted by Gasteiger charge is 2.26. The molecule has 0 spiro atoms. The van der Waals surface area contributed by atoms with Crippen molar-refractivity contribution in [3.05, 3.63) is 74.8 Å². The highest BCUT2D eigenvalue weighted by molar-refractivity contribution is 5.76. The molecular weight excluding hydrogens is 392 g/mol. The summed E-state index contributed by atoms with van der Waals surface area (Å²) in [7, 11) is 0. The van der Waals surface area contributed by atoms with E-state index in [-0.39, 0.29) is 23.2 Å². The third-order valence-electron chi connectivity index (χ3n) is 4.51. The molecule has 2 aromatic carbocycles. The van der Waals surface area contributed by atoms with Crippen LogP contribution in [0.1, 0.15) is 18.7 Å². The normalized spacial score (nSPS) is 12.0. The Bertz CT molecular complexity index is 1340. The van der Waals surface area contributed by atoms with Gasteiger partial charge in [-0.15, -0.1) is 5.10 Å². The number of non-ortho nitro benzene ring substituents is 1. The standard InChI is InChI=1S/C19H14N6O5/c1-10(19(27)28)16-22-15(11-6-8-12(9-7-11)25(29)30)23-24(16)17-18(26)21-14-5-3-2-4-13(14)20-17/h2-10H,1H3,(H,21,26)(H,27,28). The number of nitrogens with zero attached hydrogens (tertiary/aromatic N) is 5. The number of carboxylic acid groups (broad SMARTS) is 1. The number of carbonyl (C=O) groups is 1. The molecular formula is C19H14N6O5. The minimum atomic E-state index is -1.16. The predicted molar refractivity (Wildman–Crippen MR) is 105 cm³/mol. The van der Waals surface area contributed by atoms with Gasteiger partial charge in [0.25, 0.3) is 11.2 Å². The number of aromatic amines is 1. The average Bonchev–Trinajstić information content (AvgIpc) is 3.17. The number of nitrogens with one attached hydrogen (secondary N) is 1. The molecule has 1 atom stereocenters. The second-order valence-corrected chi connectivity index (χ2v) is 6.48. The molecule has 11 heteroatoms. The van der Waals surface area contributed by atoms with Crippen LogP contribution in [-0.4, -0.2) is 40.7 Å². The van der Waals surface area contributed by atoms with Crippen LogP contribution in [0.15, 0.2) is 53.3 Å². The van der Waals surface area contributed by atoms with Crippen LogP contribution in [0.25, 0.3) is 28.2 Å². The van der Waals surface area contributed by atoms with Crippen LogP contribution in [0, 0.1) is 10.1 Å². The largest absolute Gasteiger partial charge is 0.481 e. The number of para-hydroxylation sites is 2. The second-order valence-electron chi connectivity index (χ2n) is 6.48. The lowest BCUT2D eigenvalue weighted by Gasteiger charge is -2.08. The summed E-state index contributed by atoms with van der Waals surface area (Å²) in [4.78, 5) is 45.8. The van der Waals surface area contributed by atoms with E-state index in [0.717, 1.165) is 4.68 Å². The maximum Gasteiger partial charge on any atom is 0.313 e. The van der Waals surface area contributed by atoms with E-state index in [9.17, 15) is 24.8 Å². The molecule has 4 rings (SSSR count). The Morgan fingerprint density at radius 2 is 1.87 bits per heavy atom. The van der Waals surface area contributed by atoms with E-state index in [1.54, 1.807) is 24.3 Å². The SMILES string of the molecule is CC(C(=O)O)c1nc(-c2ccc([N+](=O)[O-])cc2)nn1-c1nc2ccccc2[nH]c1=O. The number of benzene rings is 2. The summed E-state index contributed by atoms with van der Waals surface area (Å²) in [5, 5.41) is 24.6. The zero-order valence-corrected chi connectivity index (χ0v) is 15.5. The minimum Gasteiger partial charge on any atom is -0.481 e. The van der Waals surface area contributed by atoms with E-state index >= 15 is 0 Å². The van der Waals surface area contributed by atoms with Crippen molar-refractivity contribution in [3.8, 4) is 17.2 Å². The smallest absolute Gasteiger partial charge is 0.313 e. The number of fused-ring (bicyclic) bond motifs is 1. The second kappa shape index (κ2) is 7.20. The summed E-state index contributed by atoms with van der Waals surface area (Å²) in [5.74, 6) is -2.25. The summed E-state index contributed by atoms with van der Waals surface area (Å²) in [6.45, 7) is 1.41. The molecule has 0 aliphatic carbocycles. The fraction of sp³-hybridized carbons (Fsp3) is 0.105. The molecule has 2 heterocycles. The third kappa shape index (κ3) is 3.28. The van der Waals surface area contributed by atoms with Crippen LogP contribution in [0.5, 0.6) is 0 Å². The van der Waals surface area contributed by atoms with Gasteiger partial charge in [-0.1, -0.05) is 12.1 Å². The third-order valence-corrected chi connectivity index (χ3v) is 4.51. The summed E-state index contributed by atoms with van der Waals surface area (Å²) in [5.41, 5.74) is 0.774. The van der Waals surface area contributed by atoms with Crippen LogP contribution < -0.4 is 5.56 Å². The zero-order chi connectivity index (χ0) is 21.4. The first-order valence-electron chi connectivity index (χ1n) is 8.79. The van der Waals surface area contributed by atoms with E-state index in [0.29, 0.717) is 16.6 Å².